The van der Waals surface area contributed by atoms with E-state index in [2.05, 4.69) is 17.4 Å². The van der Waals surface area contributed by atoms with E-state index in [-0.39, 0.29) is 11.3 Å². The summed E-state index contributed by atoms with van der Waals surface area (Å²) >= 11 is 0. The molecule has 0 saturated carbocycles. The van der Waals surface area contributed by atoms with Crippen LogP contribution in [0.3, 0.4) is 0 Å². The monoisotopic (exact) mass is 413 g/mol. The maximum Gasteiger partial charge on any atom is 0.418 e. The number of halogens is 3. The number of benzene rings is 2. The molecule has 1 aliphatic rings. The van der Waals surface area contributed by atoms with E-state index in [1.54, 1.807) is 11.0 Å². The SMILES string of the molecule is N#C/C(=C/Nc1ccccc1C(F)(F)F)C(=O)N1CCC(Cc2ccccc2)CC1. The summed E-state index contributed by atoms with van der Waals surface area (Å²) in [6.07, 6.45) is -0.884. The Kier molecular flexibility index (Phi) is 6.78. The number of anilines is 1. The van der Waals surface area contributed by atoms with Crippen LogP contribution in [-0.2, 0) is 17.4 Å². The van der Waals surface area contributed by atoms with Crippen LogP contribution in [0.1, 0.15) is 24.0 Å². The molecule has 2 aromatic carbocycles. The lowest BCUT2D eigenvalue weighted by atomic mass is 9.90. The third-order valence-corrected chi connectivity index (χ3v) is 5.22. The summed E-state index contributed by atoms with van der Waals surface area (Å²) in [5.41, 5.74) is -0.0132. The fourth-order valence-corrected chi connectivity index (χ4v) is 3.61. The number of hydrogen-bond acceptors (Lipinski definition) is 3. The average Bonchev–Trinajstić information content (AvgIpc) is 2.75. The molecular formula is C23H22F3N3O. The van der Waals surface area contributed by atoms with E-state index in [4.69, 9.17) is 0 Å². The highest BCUT2D eigenvalue weighted by atomic mass is 19.4. The number of hydrogen-bond donors (Lipinski definition) is 1. The molecule has 1 saturated heterocycles. The van der Waals surface area contributed by atoms with Crippen molar-refractivity contribution in [1.29, 1.82) is 5.26 Å². The van der Waals surface area contributed by atoms with Crippen molar-refractivity contribution >= 4 is 11.6 Å². The van der Waals surface area contributed by atoms with Gasteiger partial charge in [-0.3, -0.25) is 4.79 Å². The van der Waals surface area contributed by atoms with Crippen LogP contribution < -0.4 is 5.32 Å². The Morgan fingerprint density at radius 2 is 1.73 bits per heavy atom. The Balaban J connectivity index is 1.61. The van der Waals surface area contributed by atoms with Gasteiger partial charge in [-0.2, -0.15) is 18.4 Å². The second-order valence-corrected chi connectivity index (χ2v) is 7.28. The molecule has 1 heterocycles. The average molecular weight is 413 g/mol. The lowest BCUT2D eigenvalue weighted by Crippen LogP contribution is -2.39. The van der Waals surface area contributed by atoms with Crippen LogP contribution in [0, 0.1) is 17.2 Å². The van der Waals surface area contributed by atoms with E-state index in [9.17, 15) is 23.2 Å². The maximum absolute atomic E-state index is 13.1. The molecule has 3 rings (SSSR count). The van der Waals surface area contributed by atoms with Gasteiger partial charge in [0, 0.05) is 19.3 Å². The van der Waals surface area contributed by atoms with Gasteiger partial charge in [-0.1, -0.05) is 42.5 Å². The molecule has 4 nitrogen and oxygen atoms in total. The van der Waals surface area contributed by atoms with E-state index in [1.165, 1.54) is 23.8 Å². The molecule has 1 N–H and O–H groups in total. The first-order chi connectivity index (χ1) is 14.4. The lowest BCUT2D eigenvalue weighted by molar-refractivity contribution is -0.137. The van der Waals surface area contributed by atoms with Gasteiger partial charge < -0.3 is 10.2 Å². The van der Waals surface area contributed by atoms with Crippen molar-refractivity contribution in [2.45, 2.75) is 25.4 Å². The third kappa shape index (κ3) is 5.41. The smallest absolute Gasteiger partial charge is 0.360 e. The highest BCUT2D eigenvalue weighted by Gasteiger charge is 2.33. The van der Waals surface area contributed by atoms with Gasteiger partial charge in [0.05, 0.1) is 11.3 Å². The normalized spacial score (nSPS) is 15.5. The van der Waals surface area contributed by atoms with Crippen LogP contribution in [0.4, 0.5) is 18.9 Å². The van der Waals surface area contributed by atoms with Crippen molar-refractivity contribution in [1.82, 2.24) is 4.90 Å². The summed E-state index contributed by atoms with van der Waals surface area (Å²) in [5.74, 6) is -0.00426. The molecule has 0 aliphatic carbocycles. The minimum absolute atomic E-state index is 0.202. The number of likely N-dealkylation sites (tertiary alicyclic amines) is 1. The zero-order valence-electron chi connectivity index (χ0n) is 16.3. The highest BCUT2D eigenvalue weighted by Crippen LogP contribution is 2.34. The maximum atomic E-state index is 13.1. The summed E-state index contributed by atoms with van der Waals surface area (Å²) < 4.78 is 39.3. The van der Waals surface area contributed by atoms with Crippen molar-refractivity contribution in [3.05, 3.63) is 77.5 Å². The first kappa shape index (κ1) is 21.4. The number of rotatable bonds is 5. The van der Waals surface area contributed by atoms with E-state index in [0.29, 0.717) is 19.0 Å². The molecular weight excluding hydrogens is 391 g/mol. The first-order valence-electron chi connectivity index (χ1n) is 9.74. The molecule has 0 spiro atoms. The molecule has 1 fully saturated rings. The zero-order chi connectivity index (χ0) is 21.6. The number of piperidine rings is 1. The van der Waals surface area contributed by atoms with Crippen molar-refractivity contribution < 1.29 is 18.0 Å². The van der Waals surface area contributed by atoms with Crippen LogP contribution in [0.25, 0.3) is 0 Å². The van der Waals surface area contributed by atoms with E-state index >= 15 is 0 Å². The van der Waals surface area contributed by atoms with Crippen molar-refractivity contribution in [3.63, 3.8) is 0 Å². The van der Waals surface area contributed by atoms with E-state index in [0.717, 1.165) is 31.5 Å². The van der Waals surface area contributed by atoms with Crippen molar-refractivity contribution in [2.75, 3.05) is 18.4 Å². The molecule has 0 unspecified atom stereocenters. The third-order valence-electron chi connectivity index (χ3n) is 5.22. The van der Waals surface area contributed by atoms with Gasteiger partial charge in [0.15, 0.2) is 0 Å². The van der Waals surface area contributed by atoms with E-state index < -0.39 is 17.6 Å². The number of nitriles is 1. The standard InChI is InChI=1S/C23H22F3N3O/c24-23(25,26)20-8-4-5-9-21(20)28-16-19(15-27)22(30)29-12-10-18(11-13-29)14-17-6-2-1-3-7-17/h1-9,16,18,28H,10-14H2/b19-16-. The Bertz CT molecular complexity index is 940. The van der Waals surface area contributed by atoms with Crippen LogP contribution in [0.5, 0.6) is 0 Å². The molecule has 0 bridgehead atoms. The van der Waals surface area contributed by atoms with Gasteiger partial charge >= 0.3 is 6.18 Å². The quantitative estimate of drug-likeness (QED) is 0.554. The largest absolute Gasteiger partial charge is 0.418 e. The van der Waals surface area contributed by atoms with Gasteiger partial charge in [0.1, 0.15) is 11.6 Å². The number of nitrogens with zero attached hydrogens (tertiary/aromatic N) is 2. The molecule has 0 radical (unpaired) electrons. The summed E-state index contributed by atoms with van der Waals surface area (Å²) in [4.78, 5) is 14.3. The number of nitrogens with one attached hydrogen (secondary N) is 1. The second-order valence-electron chi connectivity index (χ2n) is 7.28. The summed E-state index contributed by atoms with van der Waals surface area (Å²) in [6, 6.07) is 16.9. The molecule has 30 heavy (non-hydrogen) atoms. The Morgan fingerprint density at radius 1 is 1.10 bits per heavy atom. The zero-order valence-corrected chi connectivity index (χ0v) is 16.3. The topological polar surface area (TPSA) is 56.1 Å². The number of carbonyl (C=O) groups is 1. The predicted octanol–water partition coefficient (Wildman–Crippen LogP) is 5.01. The van der Waals surface area contributed by atoms with Crippen LogP contribution in [0.15, 0.2) is 66.4 Å². The molecule has 1 aliphatic heterocycles. The molecule has 156 valence electrons. The minimum Gasteiger partial charge on any atom is -0.360 e. The van der Waals surface area contributed by atoms with Crippen molar-refractivity contribution in [2.24, 2.45) is 5.92 Å². The minimum atomic E-state index is -4.53. The predicted molar refractivity (Wildman–Crippen MR) is 108 cm³/mol. The van der Waals surface area contributed by atoms with E-state index in [1.807, 2.05) is 18.2 Å². The fraction of sp³-hybridized carbons (Fsp3) is 0.304. The number of para-hydroxylation sites is 1. The fourth-order valence-electron chi connectivity index (χ4n) is 3.61. The van der Waals surface area contributed by atoms with Gasteiger partial charge in [0.2, 0.25) is 0 Å². The summed E-state index contributed by atoms with van der Waals surface area (Å²) in [7, 11) is 0. The number of alkyl halides is 3. The summed E-state index contributed by atoms with van der Waals surface area (Å²) in [6.45, 7) is 1.04. The Labute approximate surface area is 173 Å². The van der Waals surface area contributed by atoms with Crippen molar-refractivity contribution in [3.8, 4) is 6.07 Å². The van der Waals surface area contributed by atoms with Gasteiger partial charge in [-0.05, 0) is 42.9 Å². The van der Waals surface area contributed by atoms with Crippen LogP contribution in [0.2, 0.25) is 0 Å². The molecule has 0 atom stereocenters. The van der Waals surface area contributed by atoms with Gasteiger partial charge in [-0.15, -0.1) is 0 Å². The first-order valence-corrected chi connectivity index (χ1v) is 9.74. The number of carbonyl (C=O) groups excluding carboxylic acids is 1. The molecule has 7 heteroatoms. The molecule has 1 amide bonds. The molecule has 0 aromatic heterocycles. The number of amides is 1. The Hall–Kier alpha value is -3.27. The Morgan fingerprint density at radius 3 is 2.37 bits per heavy atom. The second kappa shape index (κ2) is 9.49. The van der Waals surface area contributed by atoms with Gasteiger partial charge in [0.25, 0.3) is 5.91 Å². The highest BCUT2D eigenvalue weighted by molar-refractivity contribution is 5.97. The summed E-state index contributed by atoms with van der Waals surface area (Å²) in [5, 5.41) is 11.8. The molecule has 2 aromatic rings. The van der Waals surface area contributed by atoms with Crippen LogP contribution >= 0.6 is 0 Å². The van der Waals surface area contributed by atoms with Gasteiger partial charge in [-0.25, -0.2) is 0 Å². The van der Waals surface area contributed by atoms with Crippen LogP contribution in [-0.4, -0.2) is 23.9 Å². The lowest BCUT2D eigenvalue weighted by Gasteiger charge is -2.32.